The van der Waals surface area contributed by atoms with Crippen molar-refractivity contribution in [3.63, 3.8) is 0 Å². The number of amidine groups is 1. The molecule has 0 saturated heterocycles. The quantitative estimate of drug-likeness (QED) is 0.287. The lowest BCUT2D eigenvalue weighted by Gasteiger charge is -2.28. The van der Waals surface area contributed by atoms with Gasteiger partial charge in [0, 0.05) is 20.2 Å². The van der Waals surface area contributed by atoms with Crippen molar-refractivity contribution in [2.75, 3.05) is 26.8 Å². The van der Waals surface area contributed by atoms with Crippen molar-refractivity contribution in [2.24, 2.45) is 22.7 Å². The molecule has 0 aromatic carbocycles. The number of ether oxygens (including phenoxy) is 1. The maximum Gasteiger partial charge on any atom is 0.233 e. The molecule has 0 aliphatic heterocycles. The van der Waals surface area contributed by atoms with Gasteiger partial charge in [0.1, 0.15) is 0 Å². The van der Waals surface area contributed by atoms with Gasteiger partial charge in [-0.1, -0.05) is 32.3 Å². The van der Waals surface area contributed by atoms with E-state index in [9.17, 15) is 4.79 Å². The average Bonchev–Trinajstić information content (AvgIpc) is 2.38. The highest BCUT2D eigenvalue weighted by atomic mass is 16.5. The molecule has 0 bridgehead atoms. The molecule has 0 heterocycles. The fourth-order valence-corrected chi connectivity index (χ4v) is 1.91. The predicted molar refractivity (Wildman–Crippen MR) is 75.1 cm³/mol. The minimum atomic E-state index is -0.550. The maximum absolute atomic E-state index is 12.5. The fraction of sp³-hybridized carbons (Fsp3) is 0.846. The number of carbonyl (C=O) groups is 1. The molecule has 19 heavy (non-hydrogen) atoms. The van der Waals surface area contributed by atoms with Gasteiger partial charge in [0.15, 0.2) is 5.84 Å². The van der Waals surface area contributed by atoms with E-state index in [-0.39, 0.29) is 11.7 Å². The molecule has 0 aromatic heterocycles. The number of oxime groups is 1. The van der Waals surface area contributed by atoms with Crippen LogP contribution in [-0.4, -0.2) is 48.7 Å². The summed E-state index contributed by atoms with van der Waals surface area (Å²) in [5.41, 5.74) is 5.62. The molecule has 0 aliphatic rings. The molecule has 6 nitrogen and oxygen atoms in total. The topological polar surface area (TPSA) is 88.2 Å². The van der Waals surface area contributed by atoms with E-state index in [1.165, 1.54) is 0 Å². The Kier molecular flexibility index (Phi) is 8.95. The molecular weight excluding hydrogens is 246 g/mol. The Morgan fingerprint density at radius 3 is 2.53 bits per heavy atom. The third-order valence-corrected chi connectivity index (χ3v) is 2.81. The summed E-state index contributed by atoms with van der Waals surface area (Å²) in [6.45, 7) is 7.70. The first-order valence-electron chi connectivity index (χ1n) is 6.73. The van der Waals surface area contributed by atoms with Crippen molar-refractivity contribution in [1.82, 2.24) is 4.90 Å². The van der Waals surface area contributed by atoms with Gasteiger partial charge in [-0.3, -0.25) is 4.79 Å². The van der Waals surface area contributed by atoms with Crippen molar-refractivity contribution in [1.29, 1.82) is 0 Å². The largest absolute Gasteiger partial charge is 0.409 e. The molecule has 1 atom stereocenters. The van der Waals surface area contributed by atoms with Gasteiger partial charge in [-0.2, -0.15) is 0 Å². The molecule has 0 rings (SSSR count). The Bertz CT molecular complexity index is 293. The van der Waals surface area contributed by atoms with E-state index in [2.05, 4.69) is 5.16 Å². The first-order chi connectivity index (χ1) is 8.97. The maximum atomic E-state index is 12.5. The van der Waals surface area contributed by atoms with Crippen LogP contribution in [0.1, 0.15) is 33.6 Å². The smallest absolute Gasteiger partial charge is 0.233 e. The average molecular weight is 273 g/mol. The third-order valence-electron chi connectivity index (χ3n) is 2.81. The van der Waals surface area contributed by atoms with E-state index >= 15 is 0 Å². The van der Waals surface area contributed by atoms with Crippen LogP contribution in [0.4, 0.5) is 0 Å². The van der Waals surface area contributed by atoms with Crippen molar-refractivity contribution >= 4 is 11.7 Å². The van der Waals surface area contributed by atoms with Crippen LogP contribution in [0, 0.1) is 11.8 Å². The minimum Gasteiger partial charge on any atom is -0.409 e. The highest BCUT2D eigenvalue weighted by Crippen LogP contribution is 2.13. The Morgan fingerprint density at radius 2 is 2.11 bits per heavy atom. The Hall–Kier alpha value is -1.30. The zero-order chi connectivity index (χ0) is 14.8. The van der Waals surface area contributed by atoms with Gasteiger partial charge in [-0.15, -0.1) is 0 Å². The highest BCUT2D eigenvalue weighted by molar-refractivity contribution is 6.02. The van der Waals surface area contributed by atoms with Gasteiger partial charge in [-0.25, -0.2) is 0 Å². The summed E-state index contributed by atoms with van der Waals surface area (Å²) in [6.07, 6.45) is 1.38. The van der Waals surface area contributed by atoms with E-state index in [1.54, 1.807) is 12.0 Å². The van der Waals surface area contributed by atoms with E-state index in [1.807, 2.05) is 20.8 Å². The van der Waals surface area contributed by atoms with Gasteiger partial charge in [-0.05, 0) is 12.3 Å². The normalized spacial score (nSPS) is 13.6. The van der Waals surface area contributed by atoms with E-state index in [0.29, 0.717) is 32.0 Å². The number of rotatable bonds is 9. The number of methoxy groups -OCH3 is 1. The van der Waals surface area contributed by atoms with Gasteiger partial charge in [0.25, 0.3) is 0 Å². The first kappa shape index (κ1) is 17.7. The fourth-order valence-electron chi connectivity index (χ4n) is 1.91. The standard InChI is InChI=1S/C13H27N3O3/c1-5-6-11(12(14)15-18)13(17)16(7-8-19-4)9-10(2)3/h10-11,18H,5-9H2,1-4H3,(H2,14,15). The number of carbonyl (C=O) groups excluding carboxylic acids is 1. The van der Waals surface area contributed by atoms with Crippen LogP contribution in [0.5, 0.6) is 0 Å². The molecule has 6 heteroatoms. The van der Waals surface area contributed by atoms with Crippen molar-refractivity contribution in [3.05, 3.63) is 0 Å². The molecule has 0 spiro atoms. The summed E-state index contributed by atoms with van der Waals surface area (Å²) in [5.74, 6) is -0.304. The lowest BCUT2D eigenvalue weighted by Crippen LogP contribution is -2.44. The SMILES string of the molecule is CCCC(C(=O)N(CCOC)CC(C)C)C(N)=NO. The molecule has 0 aliphatic carbocycles. The van der Waals surface area contributed by atoms with Crippen molar-refractivity contribution in [2.45, 2.75) is 33.6 Å². The summed E-state index contributed by atoms with van der Waals surface area (Å²) >= 11 is 0. The van der Waals surface area contributed by atoms with Crippen LogP contribution in [0.2, 0.25) is 0 Å². The lowest BCUT2D eigenvalue weighted by atomic mass is 10.00. The predicted octanol–water partition coefficient (Wildman–Crippen LogP) is 1.28. The summed E-state index contributed by atoms with van der Waals surface area (Å²) < 4.78 is 5.03. The lowest BCUT2D eigenvalue weighted by molar-refractivity contribution is -0.134. The van der Waals surface area contributed by atoms with Crippen LogP contribution >= 0.6 is 0 Å². The molecule has 0 fully saturated rings. The van der Waals surface area contributed by atoms with Crippen LogP contribution < -0.4 is 5.73 Å². The van der Waals surface area contributed by atoms with Crippen LogP contribution in [-0.2, 0) is 9.53 Å². The molecule has 0 aromatic rings. The second-order valence-electron chi connectivity index (χ2n) is 5.04. The summed E-state index contributed by atoms with van der Waals surface area (Å²) in [6, 6.07) is 0. The zero-order valence-electron chi connectivity index (χ0n) is 12.4. The van der Waals surface area contributed by atoms with Crippen molar-refractivity contribution < 1.29 is 14.7 Å². The molecule has 1 amide bonds. The molecule has 112 valence electrons. The number of hydrogen-bond acceptors (Lipinski definition) is 4. The Morgan fingerprint density at radius 1 is 1.47 bits per heavy atom. The van der Waals surface area contributed by atoms with Crippen LogP contribution in [0.25, 0.3) is 0 Å². The van der Waals surface area contributed by atoms with Gasteiger partial charge in [0.2, 0.25) is 5.91 Å². The number of amides is 1. The number of nitrogens with two attached hydrogens (primary N) is 1. The Labute approximate surface area is 115 Å². The number of nitrogens with zero attached hydrogens (tertiary/aromatic N) is 2. The minimum absolute atomic E-state index is 0.0157. The van der Waals surface area contributed by atoms with Gasteiger partial charge in [0.05, 0.1) is 12.5 Å². The van der Waals surface area contributed by atoms with Gasteiger partial charge < -0.3 is 20.6 Å². The summed E-state index contributed by atoms with van der Waals surface area (Å²) in [7, 11) is 1.60. The Balaban J connectivity index is 4.89. The van der Waals surface area contributed by atoms with Crippen molar-refractivity contribution in [3.8, 4) is 0 Å². The summed E-state index contributed by atoms with van der Waals surface area (Å²) in [4.78, 5) is 14.2. The molecule has 1 unspecified atom stereocenters. The first-order valence-corrected chi connectivity index (χ1v) is 6.73. The van der Waals surface area contributed by atoms with E-state index in [0.717, 1.165) is 6.42 Å². The van der Waals surface area contributed by atoms with E-state index < -0.39 is 5.92 Å². The molecule has 0 saturated carbocycles. The van der Waals surface area contributed by atoms with Gasteiger partial charge >= 0.3 is 0 Å². The van der Waals surface area contributed by atoms with E-state index in [4.69, 9.17) is 15.7 Å². The number of hydrogen-bond donors (Lipinski definition) is 2. The molecular formula is C13H27N3O3. The second kappa shape index (κ2) is 9.61. The molecule has 0 radical (unpaired) electrons. The monoisotopic (exact) mass is 273 g/mol. The van der Waals surface area contributed by atoms with Crippen LogP contribution in [0.3, 0.4) is 0 Å². The second-order valence-corrected chi connectivity index (χ2v) is 5.04. The summed E-state index contributed by atoms with van der Waals surface area (Å²) in [5, 5.41) is 11.8. The zero-order valence-corrected chi connectivity index (χ0v) is 12.4. The highest BCUT2D eigenvalue weighted by Gasteiger charge is 2.27. The molecule has 3 N–H and O–H groups in total. The third kappa shape index (κ3) is 6.42. The van der Waals surface area contributed by atoms with Crippen LogP contribution in [0.15, 0.2) is 5.16 Å².